The number of carbonyl (C=O) groups is 2. The number of amides is 2. The third-order valence-corrected chi connectivity index (χ3v) is 6.85. The molecular formula is C24H32ClN3O4S. The SMILES string of the molecule is CCNC(=O)[C@@H](CC)N(Cc1ccc(Cl)cc1)C(=O)CN(c1ccc(C)c(C)c1)S(C)(=O)=O. The van der Waals surface area contributed by atoms with Gasteiger partial charge in [0.2, 0.25) is 21.8 Å². The topological polar surface area (TPSA) is 86.8 Å². The molecule has 0 fully saturated rings. The average Bonchev–Trinajstić information content (AvgIpc) is 2.74. The molecular weight excluding hydrogens is 462 g/mol. The Morgan fingerprint density at radius 2 is 1.67 bits per heavy atom. The number of halogens is 1. The molecule has 0 bridgehead atoms. The van der Waals surface area contributed by atoms with E-state index >= 15 is 0 Å². The Morgan fingerprint density at radius 3 is 2.18 bits per heavy atom. The second kappa shape index (κ2) is 11.5. The first-order valence-electron chi connectivity index (χ1n) is 10.8. The van der Waals surface area contributed by atoms with E-state index in [9.17, 15) is 18.0 Å². The van der Waals surface area contributed by atoms with Crippen molar-refractivity contribution >= 4 is 39.1 Å². The Balaban J connectivity index is 2.44. The number of aryl methyl sites for hydroxylation is 2. The number of nitrogens with zero attached hydrogens (tertiary/aromatic N) is 2. The molecule has 1 atom stereocenters. The van der Waals surface area contributed by atoms with E-state index in [2.05, 4.69) is 5.32 Å². The van der Waals surface area contributed by atoms with E-state index in [1.165, 1.54) is 4.90 Å². The van der Waals surface area contributed by atoms with Crippen molar-refractivity contribution in [3.8, 4) is 0 Å². The van der Waals surface area contributed by atoms with Crippen LogP contribution >= 0.6 is 11.6 Å². The lowest BCUT2D eigenvalue weighted by atomic mass is 10.1. The maximum absolute atomic E-state index is 13.5. The summed E-state index contributed by atoms with van der Waals surface area (Å²) in [6.45, 7) is 7.61. The third-order valence-electron chi connectivity index (χ3n) is 5.46. The average molecular weight is 494 g/mol. The highest BCUT2D eigenvalue weighted by molar-refractivity contribution is 7.92. The zero-order chi connectivity index (χ0) is 24.8. The fraction of sp³-hybridized carbons (Fsp3) is 0.417. The summed E-state index contributed by atoms with van der Waals surface area (Å²) in [5.74, 6) is -0.744. The molecule has 180 valence electrons. The maximum Gasteiger partial charge on any atom is 0.244 e. The van der Waals surface area contributed by atoms with Gasteiger partial charge in [-0.05, 0) is 68.1 Å². The summed E-state index contributed by atoms with van der Waals surface area (Å²) in [6.07, 6.45) is 1.45. The quantitative estimate of drug-likeness (QED) is 0.547. The van der Waals surface area contributed by atoms with Gasteiger partial charge in [0.25, 0.3) is 0 Å². The van der Waals surface area contributed by atoms with Crippen molar-refractivity contribution in [3.63, 3.8) is 0 Å². The molecule has 0 spiro atoms. The summed E-state index contributed by atoms with van der Waals surface area (Å²) in [6, 6.07) is 11.5. The van der Waals surface area contributed by atoms with Crippen LogP contribution in [0.5, 0.6) is 0 Å². The number of sulfonamides is 1. The highest BCUT2D eigenvalue weighted by Gasteiger charge is 2.31. The summed E-state index contributed by atoms with van der Waals surface area (Å²) >= 11 is 5.98. The number of carbonyl (C=O) groups excluding carboxylic acids is 2. The van der Waals surface area contributed by atoms with E-state index in [0.29, 0.717) is 23.7 Å². The highest BCUT2D eigenvalue weighted by atomic mass is 35.5. The van der Waals surface area contributed by atoms with E-state index in [1.807, 2.05) is 26.8 Å². The van der Waals surface area contributed by atoms with Gasteiger partial charge in [-0.25, -0.2) is 8.42 Å². The second-order valence-corrected chi connectivity index (χ2v) is 10.3. The molecule has 2 amide bonds. The molecule has 0 aromatic heterocycles. The molecule has 2 aromatic rings. The molecule has 33 heavy (non-hydrogen) atoms. The monoisotopic (exact) mass is 493 g/mol. The van der Waals surface area contributed by atoms with Gasteiger partial charge in [0.05, 0.1) is 11.9 Å². The number of rotatable bonds is 10. The molecule has 0 aliphatic rings. The van der Waals surface area contributed by atoms with Crippen LogP contribution in [0.25, 0.3) is 0 Å². The number of benzene rings is 2. The molecule has 2 rings (SSSR count). The van der Waals surface area contributed by atoms with E-state index in [0.717, 1.165) is 27.3 Å². The lowest BCUT2D eigenvalue weighted by Gasteiger charge is -2.33. The molecule has 0 aliphatic heterocycles. The first kappa shape index (κ1) is 26.7. The van der Waals surface area contributed by atoms with Crippen LogP contribution in [-0.4, -0.2) is 50.5 Å². The highest BCUT2D eigenvalue weighted by Crippen LogP contribution is 2.22. The molecule has 0 aliphatic carbocycles. The Bertz CT molecular complexity index is 1090. The summed E-state index contributed by atoms with van der Waals surface area (Å²) in [4.78, 5) is 27.7. The number of hydrogen-bond acceptors (Lipinski definition) is 4. The van der Waals surface area contributed by atoms with Crippen LogP contribution in [0.3, 0.4) is 0 Å². The normalized spacial score (nSPS) is 12.2. The molecule has 0 heterocycles. The van der Waals surface area contributed by atoms with Gasteiger partial charge in [-0.3, -0.25) is 13.9 Å². The van der Waals surface area contributed by atoms with Gasteiger partial charge in [0.1, 0.15) is 12.6 Å². The molecule has 2 aromatic carbocycles. The van der Waals surface area contributed by atoms with Gasteiger partial charge < -0.3 is 10.2 Å². The van der Waals surface area contributed by atoms with Crippen LogP contribution in [0.1, 0.15) is 37.0 Å². The minimum absolute atomic E-state index is 0.149. The van der Waals surface area contributed by atoms with Gasteiger partial charge in [-0.1, -0.05) is 36.7 Å². The number of anilines is 1. The van der Waals surface area contributed by atoms with Crippen molar-refractivity contribution in [2.24, 2.45) is 0 Å². The van der Waals surface area contributed by atoms with Crippen molar-refractivity contribution in [2.45, 2.75) is 46.7 Å². The van der Waals surface area contributed by atoms with E-state index in [4.69, 9.17) is 11.6 Å². The van der Waals surface area contributed by atoms with Crippen molar-refractivity contribution < 1.29 is 18.0 Å². The molecule has 9 heteroatoms. The third kappa shape index (κ3) is 7.20. The molecule has 0 unspecified atom stereocenters. The number of likely N-dealkylation sites (N-methyl/N-ethyl adjacent to an activating group) is 1. The molecule has 0 saturated carbocycles. The smallest absolute Gasteiger partial charge is 0.244 e. The first-order chi connectivity index (χ1) is 15.5. The van der Waals surface area contributed by atoms with Crippen molar-refractivity contribution in [2.75, 3.05) is 23.7 Å². The Kier molecular flexibility index (Phi) is 9.31. The van der Waals surface area contributed by atoms with Crippen LogP contribution in [0.4, 0.5) is 5.69 Å². The molecule has 0 saturated heterocycles. The number of hydrogen-bond donors (Lipinski definition) is 1. The van der Waals surface area contributed by atoms with Gasteiger partial charge in [-0.2, -0.15) is 0 Å². The van der Waals surface area contributed by atoms with Crippen LogP contribution < -0.4 is 9.62 Å². The fourth-order valence-electron chi connectivity index (χ4n) is 3.49. The van der Waals surface area contributed by atoms with Crippen LogP contribution in [0.15, 0.2) is 42.5 Å². The number of nitrogens with one attached hydrogen (secondary N) is 1. The Morgan fingerprint density at radius 1 is 1.03 bits per heavy atom. The predicted octanol–water partition coefficient (Wildman–Crippen LogP) is 3.67. The zero-order valence-electron chi connectivity index (χ0n) is 19.8. The van der Waals surface area contributed by atoms with Gasteiger partial charge in [-0.15, -0.1) is 0 Å². The van der Waals surface area contributed by atoms with E-state index in [1.54, 1.807) is 43.3 Å². The maximum atomic E-state index is 13.5. The lowest BCUT2D eigenvalue weighted by molar-refractivity contribution is -0.140. The molecule has 7 nitrogen and oxygen atoms in total. The summed E-state index contributed by atoms with van der Waals surface area (Å²) < 4.78 is 26.3. The van der Waals surface area contributed by atoms with Gasteiger partial charge >= 0.3 is 0 Å². The lowest BCUT2D eigenvalue weighted by Crippen LogP contribution is -2.52. The van der Waals surface area contributed by atoms with Crippen molar-refractivity contribution in [1.82, 2.24) is 10.2 Å². The minimum atomic E-state index is -3.75. The summed E-state index contributed by atoms with van der Waals surface area (Å²) in [5, 5.41) is 3.33. The van der Waals surface area contributed by atoms with Crippen molar-refractivity contribution in [3.05, 3.63) is 64.2 Å². The van der Waals surface area contributed by atoms with Gasteiger partial charge in [0, 0.05) is 18.1 Å². The first-order valence-corrected chi connectivity index (χ1v) is 13.1. The zero-order valence-corrected chi connectivity index (χ0v) is 21.3. The van der Waals surface area contributed by atoms with Crippen LogP contribution in [-0.2, 0) is 26.2 Å². The Labute approximate surface area is 201 Å². The summed E-state index contributed by atoms with van der Waals surface area (Å²) in [7, 11) is -3.75. The van der Waals surface area contributed by atoms with Crippen molar-refractivity contribution in [1.29, 1.82) is 0 Å². The predicted molar refractivity (Wildman–Crippen MR) is 133 cm³/mol. The fourth-order valence-corrected chi connectivity index (χ4v) is 4.46. The second-order valence-electron chi connectivity index (χ2n) is 8.00. The Hall–Kier alpha value is -2.58. The summed E-state index contributed by atoms with van der Waals surface area (Å²) in [5.41, 5.74) is 3.13. The molecule has 0 radical (unpaired) electrons. The minimum Gasteiger partial charge on any atom is -0.355 e. The molecule has 1 N–H and O–H groups in total. The van der Waals surface area contributed by atoms with Crippen LogP contribution in [0, 0.1) is 13.8 Å². The van der Waals surface area contributed by atoms with Crippen LogP contribution in [0.2, 0.25) is 5.02 Å². The standard InChI is InChI=1S/C24H32ClN3O4S/c1-6-22(24(30)26-7-2)27(15-19-9-11-20(25)12-10-19)23(29)16-28(33(5,31)32)21-13-8-17(3)18(4)14-21/h8-14,22H,6-7,15-16H2,1-5H3,(H,26,30)/t22-/m1/s1. The largest absolute Gasteiger partial charge is 0.355 e. The van der Waals surface area contributed by atoms with E-state index < -0.39 is 28.5 Å². The van der Waals surface area contributed by atoms with Gasteiger partial charge in [0.15, 0.2) is 0 Å². The van der Waals surface area contributed by atoms with E-state index in [-0.39, 0.29) is 12.5 Å².